The molecule has 0 aliphatic carbocycles. The number of benzene rings is 1. The molecule has 0 aliphatic rings. The lowest BCUT2D eigenvalue weighted by atomic mass is 10.00. The molecule has 0 atom stereocenters. The van der Waals surface area contributed by atoms with Crippen molar-refractivity contribution in [3.05, 3.63) is 41.5 Å². The lowest BCUT2D eigenvalue weighted by Crippen LogP contribution is -2.31. The molecule has 1 nitrogen and oxygen atoms in total. The Labute approximate surface area is 95.0 Å². The van der Waals surface area contributed by atoms with E-state index in [-0.39, 0.29) is 5.54 Å². The highest BCUT2D eigenvalue weighted by Gasteiger charge is 2.08. The molecule has 2 N–H and O–H groups in total. The molecule has 0 saturated heterocycles. The fourth-order valence-electron chi connectivity index (χ4n) is 1.30. The van der Waals surface area contributed by atoms with Crippen molar-refractivity contribution in [1.82, 2.24) is 0 Å². The summed E-state index contributed by atoms with van der Waals surface area (Å²) in [4.78, 5) is 0. The van der Waals surface area contributed by atoms with Crippen LogP contribution in [0.25, 0.3) is 6.08 Å². The first-order valence-corrected chi connectivity index (χ1v) is 5.29. The SMILES string of the molecule is CC(C)(N)CC/C=C/c1ccc(F)cc1F. The van der Waals surface area contributed by atoms with Gasteiger partial charge in [0.1, 0.15) is 11.6 Å². The van der Waals surface area contributed by atoms with Crippen LogP contribution in [0.1, 0.15) is 32.3 Å². The number of nitrogens with two attached hydrogens (primary N) is 1. The number of hydrogen-bond acceptors (Lipinski definition) is 1. The lowest BCUT2D eigenvalue weighted by molar-refractivity contribution is 0.482. The van der Waals surface area contributed by atoms with Crippen LogP contribution in [0.5, 0.6) is 0 Å². The van der Waals surface area contributed by atoms with Gasteiger partial charge in [0.25, 0.3) is 0 Å². The van der Waals surface area contributed by atoms with Crippen LogP contribution in [0.3, 0.4) is 0 Å². The molecule has 0 spiro atoms. The van der Waals surface area contributed by atoms with Gasteiger partial charge in [-0.05, 0) is 38.8 Å². The molecule has 1 rings (SSSR count). The normalized spacial score (nSPS) is 12.3. The van der Waals surface area contributed by atoms with E-state index in [0.717, 1.165) is 18.9 Å². The van der Waals surface area contributed by atoms with Crippen LogP contribution < -0.4 is 5.73 Å². The van der Waals surface area contributed by atoms with Gasteiger partial charge < -0.3 is 5.73 Å². The zero-order valence-electron chi connectivity index (χ0n) is 9.63. The third-order valence-corrected chi connectivity index (χ3v) is 2.22. The summed E-state index contributed by atoms with van der Waals surface area (Å²) in [7, 11) is 0. The summed E-state index contributed by atoms with van der Waals surface area (Å²) in [5, 5.41) is 0. The van der Waals surface area contributed by atoms with Gasteiger partial charge in [-0.1, -0.05) is 12.2 Å². The highest BCUT2D eigenvalue weighted by atomic mass is 19.1. The van der Waals surface area contributed by atoms with Crippen molar-refractivity contribution < 1.29 is 8.78 Å². The highest BCUT2D eigenvalue weighted by Crippen LogP contribution is 2.13. The van der Waals surface area contributed by atoms with Crippen LogP contribution in [-0.2, 0) is 0 Å². The standard InChI is InChI=1S/C13H17F2N/c1-13(2,16)8-4-3-5-10-6-7-11(14)9-12(10)15/h3,5-7,9H,4,8,16H2,1-2H3/b5-3+. The second-order valence-electron chi connectivity index (χ2n) is 4.60. The number of hydrogen-bond donors (Lipinski definition) is 1. The summed E-state index contributed by atoms with van der Waals surface area (Å²) in [6.07, 6.45) is 5.11. The van der Waals surface area contributed by atoms with Crippen molar-refractivity contribution in [2.45, 2.75) is 32.2 Å². The lowest BCUT2D eigenvalue weighted by Gasteiger charge is -2.16. The second-order valence-corrected chi connectivity index (χ2v) is 4.60. The van der Waals surface area contributed by atoms with E-state index in [9.17, 15) is 8.78 Å². The molecule has 0 fully saturated rings. The van der Waals surface area contributed by atoms with Gasteiger partial charge in [-0.25, -0.2) is 8.78 Å². The number of rotatable bonds is 4. The minimum atomic E-state index is -0.558. The summed E-state index contributed by atoms with van der Waals surface area (Å²) in [5.41, 5.74) is 5.99. The Morgan fingerprint density at radius 2 is 2.00 bits per heavy atom. The molecule has 0 unspecified atom stereocenters. The monoisotopic (exact) mass is 225 g/mol. The van der Waals surface area contributed by atoms with Crippen molar-refractivity contribution in [2.24, 2.45) is 5.73 Å². The van der Waals surface area contributed by atoms with Crippen LogP contribution in [0.2, 0.25) is 0 Å². The van der Waals surface area contributed by atoms with Gasteiger partial charge in [0.15, 0.2) is 0 Å². The fourth-order valence-corrected chi connectivity index (χ4v) is 1.30. The molecular formula is C13H17F2N. The molecule has 1 aromatic rings. The Balaban J connectivity index is 2.57. The average molecular weight is 225 g/mol. The molecule has 0 aromatic heterocycles. The topological polar surface area (TPSA) is 26.0 Å². The van der Waals surface area contributed by atoms with Crippen LogP contribution in [-0.4, -0.2) is 5.54 Å². The van der Waals surface area contributed by atoms with E-state index in [1.165, 1.54) is 12.1 Å². The first-order valence-electron chi connectivity index (χ1n) is 5.29. The quantitative estimate of drug-likeness (QED) is 0.834. The van der Waals surface area contributed by atoms with Crippen LogP contribution in [0.15, 0.2) is 24.3 Å². The smallest absolute Gasteiger partial charge is 0.133 e. The second kappa shape index (κ2) is 5.21. The number of allylic oxidation sites excluding steroid dienone is 1. The van der Waals surface area contributed by atoms with Crippen LogP contribution >= 0.6 is 0 Å². The van der Waals surface area contributed by atoms with Crippen LogP contribution in [0, 0.1) is 11.6 Å². The van der Waals surface area contributed by atoms with Crippen molar-refractivity contribution in [2.75, 3.05) is 0 Å². The van der Waals surface area contributed by atoms with Crippen molar-refractivity contribution in [3.8, 4) is 0 Å². The predicted molar refractivity (Wildman–Crippen MR) is 62.9 cm³/mol. The van der Waals surface area contributed by atoms with E-state index in [4.69, 9.17) is 5.73 Å². The minimum absolute atomic E-state index is 0.217. The Hall–Kier alpha value is -1.22. The molecule has 0 bridgehead atoms. The molecule has 0 saturated carbocycles. The van der Waals surface area contributed by atoms with E-state index in [1.54, 1.807) is 6.08 Å². The van der Waals surface area contributed by atoms with E-state index >= 15 is 0 Å². The summed E-state index contributed by atoms with van der Waals surface area (Å²) in [6, 6.07) is 3.55. The van der Waals surface area contributed by atoms with Crippen molar-refractivity contribution in [1.29, 1.82) is 0 Å². The molecule has 0 amide bonds. The zero-order chi connectivity index (χ0) is 12.2. The molecule has 16 heavy (non-hydrogen) atoms. The Kier molecular flexibility index (Phi) is 4.19. The van der Waals surface area contributed by atoms with Gasteiger partial charge in [0.2, 0.25) is 0 Å². The Bertz CT molecular complexity index is 378. The Morgan fingerprint density at radius 1 is 1.31 bits per heavy atom. The summed E-state index contributed by atoms with van der Waals surface area (Å²) < 4.78 is 25.8. The van der Waals surface area contributed by atoms with E-state index < -0.39 is 11.6 Å². The molecule has 0 heterocycles. The maximum atomic E-state index is 13.2. The molecule has 88 valence electrons. The molecule has 0 aliphatic heterocycles. The molecule has 0 radical (unpaired) electrons. The minimum Gasteiger partial charge on any atom is -0.326 e. The fraction of sp³-hybridized carbons (Fsp3) is 0.385. The molecule has 3 heteroatoms. The van der Waals surface area contributed by atoms with Gasteiger partial charge in [0.05, 0.1) is 0 Å². The zero-order valence-corrected chi connectivity index (χ0v) is 9.63. The summed E-state index contributed by atoms with van der Waals surface area (Å²) in [5.74, 6) is -1.10. The highest BCUT2D eigenvalue weighted by molar-refractivity contribution is 5.49. The van der Waals surface area contributed by atoms with Crippen molar-refractivity contribution >= 4 is 6.08 Å². The summed E-state index contributed by atoms with van der Waals surface area (Å²) in [6.45, 7) is 3.89. The van der Waals surface area contributed by atoms with E-state index in [0.29, 0.717) is 5.56 Å². The van der Waals surface area contributed by atoms with Crippen LogP contribution in [0.4, 0.5) is 8.78 Å². The molecule has 1 aromatic carbocycles. The third-order valence-electron chi connectivity index (χ3n) is 2.22. The average Bonchev–Trinajstić information content (AvgIpc) is 2.13. The van der Waals surface area contributed by atoms with Gasteiger partial charge in [0, 0.05) is 17.2 Å². The maximum absolute atomic E-state index is 13.2. The largest absolute Gasteiger partial charge is 0.326 e. The van der Waals surface area contributed by atoms with Crippen molar-refractivity contribution in [3.63, 3.8) is 0 Å². The van der Waals surface area contributed by atoms with Gasteiger partial charge in [-0.15, -0.1) is 0 Å². The van der Waals surface area contributed by atoms with E-state index in [1.807, 2.05) is 19.9 Å². The van der Waals surface area contributed by atoms with Gasteiger partial charge >= 0.3 is 0 Å². The van der Waals surface area contributed by atoms with Gasteiger partial charge in [-0.3, -0.25) is 0 Å². The Morgan fingerprint density at radius 3 is 2.56 bits per heavy atom. The van der Waals surface area contributed by atoms with Gasteiger partial charge in [-0.2, -0.15) is 0 Å². The van der Waals surface area contributed by atoms with E-state index in [2.05, 4.69) is 0 Å². The number of halogens is 2. The first kappa shape index (κ1) is 12.8. The third kappa shape index (κ3) is 4.53. The summed E-state index contributed by atoms with van der Waals surface area (Å²) >= 11 is 0. The molecular weight excluding hydrogens is 208 g/mol. The predicted octanol–water partition coefficient (Wildman–Crippen LogP) is 3.50. The first-order chi connectivity index (χ1) is 7.38. The maximum Gasteiger partial charge on any atom is 0.133 e.